The topological polar surface area (TPSA) is 75.4 Å². The van der Waals surface area contributed by atoms with Gasteiger partial charge in [-0.05, 0) is 39.5 Å². The molecule has 0 spiro atoms. The molecule has 6 nitrogen and oxygen atoms in total. The van der Waals surface area contributed by atoms with Crippen LogP contribution in [0.4, 0.5) is 0 Å². The van der Waals surface area contributed by atoms with E-state index in [0.717, 1.165) is 19.3 Å². The van der Waals surface area contributed by atoms with E-state index < -0.39 is 10.0 Å². The molecule has 120 valence electrons. The summed E-state index contributed by atoms with van der Waals surface area (Å²) in [6.07, 6.45) is 3.29. The molecule has 1 aliphatic rings. The van der Waals surface area contributed by atoms with Crippen LogP contribution in [0, 0.1) is 13.8 Å². The van der Waals surface area contributed by atoms with Crippen LogP contribution in [0.25, 0.3) is 0 Å². The van der Waals surface area contributed by atoms with Crippen molar-refractivity contribution in [1.29, 1.82) is 0 Å². The van der Waals surface area contributed by atoms with Crippen molar-refractivity contribution in [3.8, 4) is 0 Å². The number of rotatable bonds is 8. The first kappa shape index (κ1) is 16.5. The Balaban J connectivity index is 2.37. The van der Waals surface area contributed by atoms with Gasteiger partial charge < -0.3 is 5.11 Å². The molecule has 0 unspecified atom stereocenters. The standard InChI is InChI=1S/C14H25N3O3S/c1-4-8-17(13-6-7-13)21(19,20)14-11(2)15-16(12(14)3)9-5-10-18/h13,18H,4-10H2,1-3H3. The molecular weight excluding hydrogens is 290 g/mol. The van der Waals surface area contributed by atoms with Crippen LogP contribution in [0.2, 0.25) is 0 Å². The number of hydrogen-bond acceptors (Lipinski definition) is 4. The van der Waals surface area contributed by atoms with E-state index in [9.17, 15) is 8.42 Å². The van der Waals surface area contributed by atoms with Crippen LogP contribution in [-0.4, -0.2) is 46.8 Å². The third kappa shape index (κ3) is 3.30. The summed E-state index contributed by atoms with van der Waals surface area (Å²) in [5.74, 6) is 0. The second kappa shape index (κ2) is 6.46. The highest BCUT2D eigenvalue weighted by atomic mass is 32.2. The van der Waals surface area contributed by atoms with Crippen LogP contribution in [0.3, 0.4) is 0 Å². The summed E-state index contributed by atoms with van der Waals surface area (Å²) < 4.78 is 29.2. The molecule has 0 aromatic carbocycles. The smallest absolute Gasteiger partial charge is 0.246 e. The van der Waals surface area contributed by atoms with Crippen molar-refractivity contribution < 1.29 is 13.5 Å². The quantitative estimate of drug-likeness (QED) is 0.788. The highest BCUT2D eigenvalue weighted by molar-refractivity contribution is 7.89. The first-order chi connectivity index (χ1) is 9.93. The summed E-state index contributed by atoms with van der Waals surface area (Å²) in [6, 6.07) is 0.162. The van der Waals surface area contributed by atoms with Crippen LogP contribution < -0.4 is 0 Å². The highest BCUT2D eigenvalue weighted by Gasteiger charge is 2.39. The molecule has 1 fully saturated rings. The Hall–Kier alpha value is -0.920. The number of aliphatic hydroxyl groups is 1. The first-order valence-corrected chi connectivity index (χ1v) is 9.04. The van der Waals surface area contributed by atoms with Gasteiger partial charge in [0.1, 0.15) is 4.90 Å². The van der Waals surface area contributed by atoms with Crippen molar-refractivity contribution in [2.24, 2.45) is 0 Å². The zero-order valence-electron chi connectivity index (χ0n) is 13.0. The molecule has 1 aromatic heterocycles. The molecule has 1 aliphatic carbocycles. The summed E-state index contributed by atoms with van der Waals surface area (Å²) in [4.78, 5) is 0.348. The lowest BCUT2D eigenvalue weighted by atomic mass is 10.4. The lowest BCUT2D eigenvalue weighted by molar-refractivity contribution is 0.276. The molecule has 0 radical (unpaired) electrons. The molecule has 7 heteroatoms. The van der Waals surface area contributed by atoms with Crippen molar-refractivity contribution in [1.82, 2.24) is 14.1 Å². The van der Waals surface area contributed by atoms with Crippen molar-refractivity contribution in [2.75, 3.05) is 13.2 Å². The molecular formula is C14H25N3O3S. The Bertz CT molecular complexity index is 591. The third-order valence-corrected chi connectivity index (χ3v) is 6.01. The summed E-state index contributed by atoms with van der Waals surface area (Å²) in [7, 11) is -3.48. The molecule has 1 saturated carbocycles. The maximum Gasteiger partial charge on any atom is 0.246 e. The molecule has 0 atom stereocenters. The van der Waals surface area contributed by atoms with E-state index in [4.69, 9.17) is 5.11 Å². The zero-order valence-corrected chi connectivity index (χ0v) is 13.9. The monoisotopic (exact) mass is 315 g/mol. The Morgan fingerprint density at radius 3 is 2.57 bits per heavy atom. The molecule has 21 heavy (non-hydrogen) atoms. The maximum atomic E-state index is 13.0. The number of nitrogens with zero attached hydrogens (tertiary/aromatic N) is 3. The van der Waals surface area contributed by atoms with E-state index in [0.29, 0.717) is 35.8 Å². The van der Waals surface area contributed by atoms with Gasteiger partial charge in [0.2, 0.25) is 10.0 Å². The first-order valence-electron chi connectivity index (χ1n) is 7.60. The molecule has 0 aliphatic heterocycles. The number of sulfonamides is 1. The van der Waals surface area contributed by atoms with Gasteiger partial charge in [-0.15, -0.1) is 0 Å². The maximum absolute atomic E-state index is 13.0. The Labute approximate surface area is 126 Å². The van der Waals surface area contributed by atoms with Crippen molar-refractivity contribution >= 4 is 10.0 Å². The van der Waals surface area contributed by atoms with Crippen LogP contribution in [0.1, 0.15) is 44.0 Å². The van der Waals surface area contributed by atoms with Gasteiger partial charge in [-0.25, -0.2) is 8.42 Å². The molecule has 2 rings (SSSR count). The average Bonchev–Trinajstić information content (AvgIpc) is 3.20. The molecule has 1 N–H and O–H groups in total. The summed E-state index contributed by atoms with van der Waals surface area (Å²) in [5.41, 5.74) is 1.22. The number of aliphatic hydroxyl groups excluding tert-OH is 1. The molecule has 0 saturated heterocycles. The number of aryl methyl sites for hydroxylation is 2. The van der Waals surface area contributed by atoms with E-state index in [1.807, 2.05) is 6.92 Å². The molecule has 1 heterocycles. The normalized spacial score (nSPS) is 15.9. The fraction of sp³-hybridized carbons (Fsp3) is 0.786. The molecule has 1 aromatic rings. The van der Waals surface area contributed by atoms with Gasteiger partial charge in [0.15, 0.2) is 0 Å². The van der Waals surface area contributed by atoms with Gasteiger partial charge in [-0.2, -0.15) is 9.40 Å². The predicted molar refractivity (Wildman–Crippen MR) is 80.6 cm³/mol. The van der Waals surface area contributed by atoms with E-state index in [-0.39, 0.29) is 12.6 Å². The van der Waals surface area contributed by atoms with Gasteiger partial charge >= 0.3 is 0 Å². The minimum atomic E-state index is -3.48. The van der Waals surface area contributed by atoms with Gasteiger partial charge in [0, 0.05) is 25.7 Å². The van der Waals surface area contributed by atoms with Crippen LogP contribution in [0.15, 0.2) is 4.90 Å². The van der Waals surface area contributed by atoms with Gasteiger partial charge in [0.05, 0.1) is 11.4 Å². The fourth-order valence-corrected chi connectivity index (χ4v) is 4.84. The van der Waals surface area contributed by atoms with Crippen molar-refractivity contribution in [3.05, 3.63) is 11.4 Å². The molecule has 0 bridgehead atoms. The summed E-state index contributed by atoms with van der Waals surface area (Å²) in [5, 5.41) is 13.3. The second-order valence-electron chi connectivity index (χ2n) is 5.65. The predicted octanol–water partition coefficient (Wildman–Crippen LogP) is 1.45. The lowest BCUT2D eigenvalue weighted by Crippen LogP contribution is -2.34. The lowest BCUT2D eigenvalue weighted by Gasteiger charge is -2.21. The number of hydrogen-bond donors (Lipinski definition) is 1. The van der Waals surface area contributed by atoms with Gasteiger partial charge in [0.25, 0.3) is 0 Å². The SMILES string of the molecule is CCCN(C1CC1)S(=O)(=O)c1c(C)nn(CCCO)c1C. The Morgan fingerprint density at radius 1 is 1.38 bits per heavy atom. The second-order valence-corrected chi connectivity index (χ2v) is 7.47. The largest absolute Gasteiger partial charge is 0.396 e. The van der Waals surface area contributed by atoms with E-state index in [1.54, 1.807) is 22.8 Å². The van der Waals surface area contributed by atoms with Crippen LogP contribution >= 0.6 is 0 Å². The zero-order chi connectivity index (χ0) is 15.6. The van der Waals surface area contributed by atoms with Crippen LogP contribution in [0.5, 0.6) is 0 Å². The Morgan fingerprint density at radius 2 is 2.05 bits per heavy atom. The minimum absolute atomic E-state index is 0.0739. The summed E-state index contributed by atoms with van der Waals surface area (Å²) >= 11 is 0. The third-order valence-electron chi connectivity index (χ3n) is 3.81. The highest BCUT2D eigenvalue weighted by Crippen LogP contribution is 2.34. The van der Waals surface area contributed by atoms with E-state index >= 15 is 0 Å². The van der Waals surface area contributed by atoms with Gasteiger partial charge in [-0.3, -0.25) is 4.68 Å². The van der Waals surface area contributed by atoms with Gasteiger partial charge in [-0.1, -0.05) is 6.92 Å². The van der Waals surface area contributed by atoms with E-state index in [1.165, 1.54) is 0 Å². The van der Waals surface area contributed by atoms with Crippen molar-refractivity contribution in [2.45, 2.75) is 63.9 Å². The number of aromatic nitrogens is 2. The average molecular weight is 315 g/mol. The summed E-state index contributed by atoms with van der Waals surface area (Å²) in [6.45, 7) is 6.71. The fourth-order valence-electron chi connectivity index (χ4n) is 2.69. The van der Waals surface area contributed by atoms with Crippen molar-refractivity contribution in [3.63, 3.8) is 0 Å². The van der Waals surface area contributed by atoms with E-state index in [2.05, 4.69) is 5.10 Å². The minimum Gasteiger partial charge on any atom is -0.396 e. The van der Waals surface area contributed by atoms with Crippen LogP contribution in [-0.2, 0) is 16.6 Å². The molecule has 0 amide bonds. The Kier molecular flexibility index (Phi) is 5.06.